The van der Waals surface area contributed by atoms with Gasteiger partial charge in [-0.25, -0.2) is 4.79 Å². The fourth-order valence-corrected chi connectivity index (χ4v) is 4.43. The molecule has 0 bridgehead atoms. The molecule has 4 rings (SSSR count). The predicted octanol–water partition coefficient (Wildman–Crippen LogP) is 3.90. The molecule has 1 saturated heterocycles. The van der Waals surface area contributed by atoms with Crippen LogP contribution in [0.4, 0.5) is 0 Å². The number of hydrogen-bond donors (Lipinski definition) is 1. The van der Waals surface area contributed by atoms with Gasteiger partial charge < -0.3 is 38.3 Å². The Morgan fingerprint density at radius 1 is 0.786 bits per heavy atom. The number of carbonyl (C=O) groups is 2. The average Bonchev–Trinajstić information content (AvgIpc) is 3.03. The molecule has 0 amide bonds. The Bertz CT molecular complexity index is 1270. The molecule has 5 atom stereocenters. The minimum absolute atomic E-state index is 0.0368. The van der Waals surface area contributed by atoms with Crippen molar-refractivity contribution in [3.63, 3.8) is 0 Å². The summed E-state index contributed by atoms with van der Waals surface area (Å²) in [5, 5.41) is 11.0. The van der Waals surface area contributed by atoms with Crippen LogP contribution in [-0.2, 0) is 41.7 Å². The lowest BCUT2D eigenvalue weighted by Crippen LogP contribution is -2.62. The van der Waals surface area contributed by atoms with E-state index >= 15 is 0 Å². The highest BCUT2D eigenvalue weighted by Gasteiger charge is 2.50. The Balaban J connectivity index is 1.55. The lowest BCUT2D eigenvalue weighted by Gasteiger charge is -2.43. The minimum Gasteiger partial charge on any atom is -0.497 e. The van der Waals surface area contributed by atoms with Crippen molar-refractivity contribution in [2.75, 3.05) is 26.7 Å². The van der Waals surface area contributed by atoms with Crippen molar-refractivity contribution in [3.05, 3.63) is 95.6 Å². The van der Waals surface area contributed by atoms with E-state index in [2.05, 4.69) is 0 Å². The largest absolute Gasteiger partial charge is 0.497 e. The van der Waals surface area contributed by atoms with E-state index in [1.807, 2.05) is 12.1 Å². The maximum atomic E-state index is 13.0. The third kappa shape index (κ3) is 8.43. The summed E-state index contributed by atoms with van der Waals surface area (Å²) in [7, 11) is 3.14. The third-order valence-corrected chi connectivity index (χ3v) is 6.77. The van der Waals surface area contributed by atoms with Crippen LogP contribution in [0.3, 0.4) is 0 Å². The van der Waals surface area contributed by atoms with Gasteiger partial charge >= 0.3 is 11.9 Å². The van der Waals surface area contributed by atoms with E-state index in [-0.39, 0.29) is 25.4 Å². The van der Waals surface area contributed by atoms with Gasteiger partial charge in [0.2, 0.25) is 0 Å². The second-order valence-corrected chi connectivity index (χ2v) is 9.64. The topological polar surface area (TPSA) is 119 Å². The fraction of sp³-hybridized carbons (Fsp3) is 0.355. The number of rotatable bonds is 13. The number of halogens is 1. The summed E-state index contributed by atoms with van der Waals surface area (Å²) in [6.07, 6.45) is -6.20. The van der Waals surface area contributed by atoms with Crippen LogP contribution >= 0.6 is 11.6 Å². The molecule has 1 aliphatic heterocycles. The van der Waals surface area contributed by atoms with Crippen molar-refractivity contribution in [2.45, 2.75) is 43.9 Å². The molecule has 1 fully saturated rings. The van der Waals surface area contributed by atoms with E-state index in [1.54, 1.807) is 80.9 Å². The van der Waals surface area contributed by atoms with Crippen LogP contribution in [0.1, 0.15) is 21.5 Å². The number of methoxy groups -OCH3 is 2. The number of hydrogen-bond acceptors (Lipinski definition) is 10. The van der Waals surface area contributed by atoms with E-state index in [0.717, 1.165) is 11.1 Å². The zero-order chi connectivity index (χ0) is 29.9. The van der Waals surface area contributed by atoms with Gasteiger partial charge in [0.25, 0.3) is 0 Å². The minimum atomic E-state index is -1.61. The molecule has 3 aromatic carbocycles. The number of aliphatic hydroxyl groups excluding tert-OH is 1. The van der Waals surface area contributed by atoms with E-state index in [9.17, 15) is 14.7 Å². The summed E-state index contributed by atoms with van der Waals surface area (Å²) in [6, 6.07) is 22.7. The van der Waals surface area contributed by atoms with Gasteiger partial charge in [-0.1, -0.05) is 42.5 Å². The van der Waals surface area contributed by atoms with E-state index in [0.29, 0.717) is 11.5 Å². The smallest absolute Gasteiger partial charge is 0.338 e. The zero-order valence-corrected chi connectivity index (χ0v) is 24.0. The summed E-state index contributed by atoms with van der Waals surface area (Å²) >= 11 is 5.76. The Labute approximate surface area is 248 Å². The molecule has 0 radical (unpaired) electrons. The van der Waals surface area contributed by atoms with Crippen molar-refractivity contribution in [1.29, 1.82) is 0 Å². The predicted molar refractivity (Wildman–Crippen MR) is 151 cm³/mol. The zero-order valence-electron chi connectivity index (χ0n) is 23.2. The maximum Gasteiger partial charge on any atom is 0.338 e. The molecule has 0 unspecified atom stereocenters. The summed E-state index contributed by atoms with van der Waals surface area (Å²) in [5.74, 6) is -0.514. The lowest BCUT2D eigenvalue weighted by molar-refractivity contribution is -0.299. The van der Waals surface area contributed by atoms with Crippen molar-refractivity contribution < 1.29 is 47.9 Å². The van der Waals surface area contributed by atoms with Crippen LogP contribution in [-0.4, -0.2) is 74.5 Å². The molecule has 42 heavy (non-hydrogen) atoms. The monoisotopic (exact) mass is 600 g/mol. The van der Waals surface area contributed by atoms with Gasteiger partial charge in [0.15, 0.2) is 18.5 Å². The number of ether oxygens (including phenoxy) is 7. The number of carbonyl (C=O) groups excluding carboxylic acids is 2. The van der Waals surface area contributed by atoms with Crippen LogP contribution in [0.5, 0.6) is 11.5 Å². The highest BCUT2D eigenvalue weighted by Crippen LogP contribution is 2.30. The number of aliphatic hydroxyl groups is 1. The van der Waals surface area contributed by atoms with Gasteiger partial charge in [0.05, 0.1) is 39.6 Å². The molecule has 224 valence electrons. The SMILES string of the molecule is COc1ccc(COC[C@H]2O[C@@H](O)[C@H](OC(=O)c3ccccc3)[C@@H](OCc3ccc(OC)cc3)[C@@H]2OC(=O)CCl)cc1. The van der Waals surface area contributed by atoms with Gasteiger partial charge in [-0.05, 0) is 47.5 Å². The molecule has 3 aromatic rings. The molecule has 0 aliphatic carbocycles. The molecule has 0 spiro atoms. The molecular weight excluding hydrogens is 568 g/mol. The van der Waals surface area contributed by atoms with Crippen molar-refractivity contribution >= 4 is 23.5 Å². The second kappa shape index (κ2) is 15.5. The number of alkyl halides is 1. The Hall–Kier alpha value is -3.67. The first-order valence-electron chi connectivity index (χ1n) is 13.2. The number of benzene rings is 3. The van der Waals surface area contributed by atoms with Crippen LogP contribution in [0.15, 0.2) is 78.9 Å². The summed E-state index contributed by atoms with van der Waals surface area (Å²) < 4.78 is 39.6. The van der Waals surface area contributed by atoms with Crippen molar-refractivity contribution in [3.8, 4) is 11.5 Å². The summed E-state index contributed by atoms with van der Waals surface area (Å²) in [6.45, 7) is 0.167. The highest BCUT2D eigenvalue weighted by molar-refractivity contribution is 6.26. The van der Waals surface area contributed by atoms with Crippen LogP contribution in [0.2, 0.25) is 0 Å². The molecule has 1 heterocycles. The molecule has 11 heteroatoms. The first-order valence-corrected chi connectivity index (χ1v) is 13.8. The Kier molecular flexibility index (Phi) is 11.6. The maximum absolute atomic E-state index is 13.0. The van der Waals surface area contributed by atoms with E-state index in [4.69, 9.17) is 44.8 Å². The van der Waals surface area contributed by atoms with Gasteiger partial charge in [-0.15, -0.1) is 11.6 Å². The van der Waals surface area contributed by atoms with Gasteiger partial charge in [0, 0.05) is 0 Å². The van der Waals surface area contributed by atoms with Crippen LogP contribution in [0, 0.1) is 0 Å². The molecule has 10 nitrogen and oxygen atoms in total. The summed E-state index contributed by atoms with van der Waals surface area (Å²) in [5.41, 5.74) is 1.89. The van der Waals surface area contributed by atoms with E-state index < -0.39 is 48.5 Å². The van der Waals surface area contributed by atoms with Gasteiger partial charge in [0.1, 0.15) is 29.6 Å². The number of esters is 2. The fourth-order valence-electron chi connectivity index (χ4n) is 4.36. The first kappa shape index (κ1) is 31.3. The van der Waals surface area contributed by atoms with E-state index in [1.165, 1.54) is 0 Å². The summed E-state index contributed by atoms with van der Waals surface area (Å²) in [4.78, 5) is 25.4. The van der Waals surface area contributed by atoms with Crippen molar-refractivity contribution in [2.24, 2.45) is 0 Å². The molecular formula is C31H33ClO10. The molecule has 1 N–H and O–H groups in total. The Morgan fingerprint density at radius 2 is 1.38 bits per heavy atom. The quantitative estimate of drug-likeness (QED) is 0.228. The molecule has 0 saturated carbocycles. The van der Waals surface area contributed by atoms with Gasteiger partial charge in [-0.3, -0.25) is 4.79 Å². The van der Waals surface area contributed by atoms with Crippen molar-refractivity contribution in [1.82, 2.24) is 0 Å². The standard InChI is InChI=1S/C31H33ClO10/c1-36-23-12-8-20(9-13-23)17-38-19-25-27(41-26(33)16-32)28(39-18-21-10-14-24(37-2)15-11-21)29(31(35)40-25)42-30(34)22-6-4-3-5-7-22/h3-15,25,27-29,31,35H,16-19H2,1-2H3/t25-,27-,28+,29-,31-/m1/s1. The molecule has 0 aromatic heterocycles. The van der Waals surface area contributed by atoms with Crippen LogP contribution < -0.4 is 9.47 Å². The second-order valence-electron chi connectivity index (χ2n) is 9.38. The average molecular weight is 601 g/mol. The van der Waals surface area contributed by atoms with Gasteiger partial charge in [-0.2, -0.15) is 0 Å². The third-order valence-electron chi connectivity index (χ3n) is 6.55. The molecule has 1 aliphatic rings. The normalized spacial score (nSPS) is 21.8. The lowest BCUT2D eigenvalue weighted by atomic mass is 9.98. The van der Waals surface area contributed by atoms with Crippen LogP contribution in [0.25, 0.3) is 0 Å². The first-order chi connectivity index (χ1) is 20.4. The highest BCUT2D eigenvalue weighted by atomic mass is 35.5. The Morgan fingerprint density at radius 3 is 1.95 bits per heavy atom.